The molecule has 0 N–H and O–H groups in total. The summed E-state index contributed by atoms with van der Waals surface area (Å²) < 4.78 is 68.6. The number of hydrogen-bond donors (Lipinski definition) is 0. The van der Waals surface area contributed by atoms with E-state index in [-0.39, 0.29) is 33.6 Å². The van der Waals surface area contributed by atoms with Crippen molar-refractivity contribution in [3.8, 4) is 0 Å². The molecular formula is CuMn2NiO8. The molecule has 0 saturated carbocycles. The monoisotopic (exact) mass is 359 g/mol. The van der Waals surface area contributed by atoms with E-state index in [4.69, 9.17) is 32.1 Å². The molecule has 0 fully saturated rings. The Morgan fingerprint density at radius 2 is 0.667 bits per heavy atom. The summed E-state index contributed by atoms with van der Waals surface area (Å²) >= 11 is -11.2. The molecule has 0 bridgehead atoms. The first-order valence-corrected chi connectivity index (χ1v) is 5.09. The third-order valence-corrected chi connectivity index (χ3v) is 0. The van der Waals surface area contributed by atoms with Crippen LogP contribution in [0.5, 0.6) is 0 Å². The van der Waals surface area contributed by atoms with Gasteiger partial charge < -0.3 is 0 Å². The van der Waals surface area contributed by atoms with E-state index < -0.39 is 26.7 Å². The zero-order valence-electron chi connectivity index (χ0n) is 4.64. The molecule has 0 amide bonds. The Kier molecular flexibility index (Phi) is 16.7. The van der Waals surface area contributed by atoms with Crippen molar-refractivity contribution in [2.45, 2.75) is 0 Å². The van der Waals surface area contributed by atoms with Gasteiger partial charge in [0.15, 0.2) is 0 Å². The molecule has 0 unspecified atom stereocenters. The van der Waals surface area contributed by atoms with Crippen LogP contribution in [0.15, 0.2) is 0 Å². The fourth-order valence-corrected chi connectivity index (χ4v) is 0. The number of rotatable bonds is 0. The minimum absolute atomic E-state index is 0. The molecule has 0 aliphatic rings. The van der Waals surface area contributed by atoms with Gasteiger partial charge in [-0.1, -0.05) is 0 Å². The predicted molar refractivity (Wildman–Crippen MR) is 2.75 cm³/mol. The van der Waals surface area contributed by atoms with Gasteiger partial charge >= 0.3 is 92.4 Å². The van der Waals surface area contributed by atoms with Gasteiger partial charge in [-0.25, -0.2) is 0 Å². The average molecular weight is 360 g/mol. The Hall–Kier alpha value is 1.09. The molecule has 0 rings (SSSR count). The Morgan fingerprint density at radius 1 is 0.667 bits per heavy atom. The van der Waals surface area contributed by atoms with Crippen molar-refractivity contribution in [2.24, 2.45) is 0 Å². The van der Waals surface area contributed by atoms with Crippen LogP contribution in [0.25, 0.3) is 0 Å². The second-order valence-corrected chi connectivity index (χ2v) is 3.12. The number of hydrogen-bond acceptors (Lipinski definition) is 8. The van der Waals surface area contributed by atoms with Gasteiger partial charge in [0.2, 0.25) is 0 Å². The molecule has 0 aromatic heterocycles. The summed E-state index contributed by atoms with van der Waals surface area (Å²) in [5, 5.41) is 0. The second-order valence-electron chi connectivity index (χ2n) is 0.756. The molecule has 0 aliphatic heterocycles. The predicted octanol–water partition coefficient (Wildman–Crippen LogP) is -5.24. The topological polar surface area (TPSA) is 161 Å². The molecular weight excluding hydrogens is 360 g/mol. The van der Waals surface area contributed by atoms with Crippen molar-refractivity contribution in [2.75, 3.05) is 0 Å². The first-order chi connectivity index (χ1) is 4.00. The molecule has 1 radical (unpaired) electrons. The van der Waals surface area contributed by atoms with Gasteiger partial charge in [0.05, 0.1) is 0 Å². The van der Waals surface area contributed by atoms with Crippen LogP contribution in [0.3, 0.4) is 0 Å². The third kappa shape index (κ3) is 947. The molecule has 12 heteroatoms. The Morgan fingerprint density at radius 3 is 0.667 bits per heavy atom. The van der Waals surface area contributed by atoms with E-state index in [0.29, 0.717) is 0 Å². The van der Waals surface area contributed by atoms with E-state index in [2.05, 4.69) is 0 Å². The quantitative estimate of drug-likeness (QED) is 0.387. The van der Waals surface area contributed by atoms with E-state index in [1.54, 1.807) is 0 Å². The maximum absolute atomic E-state index is 8.58. The maximum atomic E-state index is 8.58. The summed E-state index contributed by atoms with van der Waals surface area (Å²) in [5.74, 6) is 0. The molecule has 0 heterocycles. The molecule has 8 nitrogen and oxygen atoms in total. The van der Waals surface area contributed by atoms with E-state index in [9.17, 15) is 0 Å². The molecule has 0 atom stereocenters. The molecule has 12 heavy (non-hydrogen) atoms. The molecule has 0 aromatic rings. The van der Waals surface area contributed by atoms with Gasteiger partial charge in [0.1, 0.15) is 0 Å². The van der Waals surface area contributed by atoms with E-state index in [1.807, 2.05) is 0 Å². The van der Waals surface area contributed by atoms with Crippen LogP contribution in [0.1, 0.15) is 0 Å². The van der Waals surface area contributed by atoms with Crippen LogP contribution >= 0.6 is 0 Å². The van der Waals surface area contributed by atoms with Gasteiger partial charge in [-0.3, -0.25) is 0 Å². The normalized spacial score (nSPS) is 9.67. The zero-order chi connectivity index (χ0) is 9.00. The zero-order valence-corrected chi connectivity index (χ0v) is 8.93. The van der Waals surface area contributed by atoms with Crippen LogP contribution in [0.2, 0.25) is 0 Å². The van der Waals surface area contributed by atoms with Gasteiger partial charge in [-0.15, -0.1) is 0 Å². The van der Waals surface area contributed by atoms with E-state index >= 15 is 0 Å². The summed E-state index contributed by atoms with van der Waals surface area (Å²) in [7, 11) is 0. The Bertz CT molecular complexity index is 213. The van der Waals surface area contributed by atoms with Crippen LogP contribution < -0.4 is 16.8 Å². The Balaban J connectivity index is -0.0000000457. The van der Waals surface area contributed by atoms with Crippen LogP contribution in [-0.4, -0.2) is 0 Å². The first-order valence-electron chi connectivity index (χ1n) is 1.23. The molecule has 0 spiro atoms. The molecule has 0 aliphatic carbocycles. The van der Waals surface area contributed by atoms with Crippen molar-refractivity contribution in [3.05, 3.63) is 0 Å². The SMILES string of the molecule is [Cu+2].[Ni+2].[O]=[Mn](=[O])([O-])[O-].[O]=[Mn](=[O])([O-])[O-]. The van der Waals surface area contributed by atoms with Gasteiger partial charge in [-0.2, -0.15) is 0 Å². The summed E-state index contributed by atoms with van der Waals surface area (Å²) in [6, 6.07) is 0. The second kappa shape index (κ2) is 8.68. The summed E-state index contributed by atoms with van der Waals surface area (Å²) in [4.78, 5) is 0. The van der Waals surface area contributed by atoms with Crippen molar-refractivity contribution in [1.82, 2.24) is 0 Å². The standard InChI is InChI=1S/Cu.2Mn.Ni.8O/q+2;;;+2;;;;;4*-1. The summed E-state index contributed by atoms with van der Waals surface area (Å²) in [6.07, 6.45) is 0. The minimum atomic E-state index is -5.62. The van der Waals surface area contributed by atoms with Crippen molar-refractivity contribution >= 4 is 0 Å². The summed E-state index contributed by atoms with van der Waals surface area (Å²) in [5.41, 5.74) is 0. The average Bonchev–Trinajstić information content (AvgIpc) is 1.12. The fraction of sp³-hybridized carbons (Fsp3) is 0. The Labute approximate surface area is 91.9 Å². The summed E-state index contributed by atoms with van der Waals surface area (Å²) in [6.45, 7) is 0. The van der Waals surface area contributed by atoms with E-state index in [0.717, 1.165) is 0 Å². The van der Waals surface area contributed by atoms with Crippen LogP contribution in [0.4, 0.5) is 0 Å². The van der Waals surface area contributed by atoms with Gasteiger partial charge in [0, 0.05) is 0 Å². The third-order valence-electron chi connectivity index (χ3n) is 0. The van der Waals surface area contributed by atoms with Gasteiger partial charge in [-0.05, 0) is 0 Å². The van der Waals surface area contributed by atoms with E-state index in [1.165, 1.54) is 0 Å². The van der Waals surface area contributed by atoms with Crippen LogP contribution in [-0.2, 0) is 75.6 Å². The first kappa shape index (κ1) is 23.2. The van der Waals surface area contributed by atoms with Crippen LogP contribution in [0, 0.1) is 0 Å². The van der Waals surface area contributed by atoms with Crippen molar-refractivity contribution in [3.63, 3.8) is 0 Å². The molecule has 0 saturated heterocycles. The van der Waals surface area contributed by atoms with Crippen molar-refractivity contribution in [1.29, 1.82) is 0 Å². The van der Waals surface area contributed by atoms with Gasteiger partial charge in [0.25, 0.3) is 0 Å². The van der Waals surface area contributed by atoms with Crippen molar-refractivity contribution < 1.29 is 92.4 Å². The molecule has 83 valence electrons. The molecule has 0 aromatic carbocycles. The fourth-order valence-electron chi connectivity index (χ4n) is 0.